The largest absolute Gasteiger partial charge is 0.435 e. The van der Waals surface area contributed by atoms with Crippen LogP contribution in [0.4, 0.5) is 8.78 Å². The Morgan fingerprint density at radius 3 is 2.93 bits per heavy atom. The van der Waals surface area contributed by atoms with Crippen molar-refractivity contribution < 1.29 is 13.5 Å². The van der Waals surface area contributed by atoms with Crippen molar-refractivity contribution in [1.82, 2.24) is 30.0 Å². The lowest BCUT2D eigenvalue weighted by Gasteiger charge is -2.05. The molecule has 0 bridgehead atoms. The molecule has 5 rings (SSSR count). The van der Waals surface area contributed by atoms with Crippen LogP contribution in [0.5, 0.6) is 5.75 Å². The Morgan fingerprint density at radius 1 is 1.14 bits per heavy atom. The molecule has 2 aromatic carbocycles. The van der Waals surface area contributed by atoms with Gasteiger partial charge in [-0.2, -0.15) is 13.3 Å². The quantitative estimate of drug-likeness (QED) is 0.450. The number of rotatable bonds is 5. The lowest BCUT2D eigenvalue weighted by molar-refractivity contribution is -0.0497. The second-order valence-electron chi connectivity index (χ2n) is 6.03. The van der Waals surface area contributed by atoms with Crippen molar-refractivity contribution in [2.24, 2.45) is 0 Å². The molecule has 0 unspecified atom stereocenters. The summed E-state index contributed by atoms with van der Waals surface area (Å²) >= 11 is 1.48. The maximum atomic E-state index is 12.4. The molecule has 3 aromatic heterocycles. The van der Waals surface area contributed by atoms with Crippen molar-refractivity contribution in [3.05, 3.63) is 54.1 Å². The third-order valence-electron chi connectivity index (χ3n) is 4.27. The predicted molar refractivity (Wildman–Crippen MR) is 101 cm³/mol. The smallest absolute Gasteiger partial charge is 0.387 e. The molecule has 0 aliphatic carbocycles. The van der Waals surface area contributed by atoms with Crippen LogP contribution in [0.3, 0.4) is 0 Å². The van der Waals surface area contributed by atoms with E-state index in [1.807, 2.05) is 24.3 Å². The van der Waals surface area contributed by atoms with Gasteiger partial charge in [0, 0.05) is 22.8 Å². The highest BCUT2D eigenvalue weighted by Gasteiger charge is 2.12. The van der Waals surface area contributed by atoms with Gasteiger partial charge in [0.1, 0.15) is 5.75 Å². The minimum absolute atomic E-state index is 0.0912. The lowest BCUT2D eigenvalue weighted by Crippen LogP contribution is -2.01. The van der Waals surface area contributed by atoms with Gasteiger partial charge in [0.2, 0.25) is 0 Å². The number of nitrogens with one attached hydrogen (secondary N) is 1. The summed E-state index contributed by atoms with van der Waals surface area (Å²) in [6.07, 6.45) is 0. The fourth-order valence-electron chi connectivity index (χ4n) is 3.07. The standard InChI is InChI=1S/C18H12F2N6OS/c19-17(20)27-12-5-6-13-14(8-12)22-18(21-13)28-9-11-7-10-3-1-2-4-15(10)26-16(11)23-24-25-26/h1-8,17H,9H2,(H,21,22). The number of pyridine rings is 1. The monoisotopic (exact) mass is 398 g/mol. The molecule has 0 spiro atoms. The first-order valence-electron chi connectivity index (χ1n) is 8.33. The van der Waals surface area contributed by atoms with Crippen LogP contribution in [-0.2, 0) is 5.75 Å². The molecule has 7 nitrogen and oxygen atoms in total. The SMILES string of the molecule is FC(F)Oc1ccc2nc(SCc3cc4ccccc4n4nnnc34)[nH]c2c1. The van der Waals surface area contributed by atoms with Crippen LogP contribution < -0.4 is 4.74 Å². The van der Waals surface area contributed by atoms with Crippen molar-refractivity contribution in [3.8, 4) is 5.75 Å². The van der Waals surface area contributed by atoms with Crippen LogP contribution in [0.25, 0.3) is 27.6 Å². The van der Waals surface area contributed by atoms with Gasteiger partial charge in [-0.3, -0.25) is 0 Å². The first kappa shape index (κ1) is 16.9. The van der Waals surface area contributed by atoms with Crippen LogP contribution >= 0.6 is 11.8 Å². The zero-order chi connectivity index (χ0) is 19.1. The van der Waals surface area contributed by atoms with Gasteiger partial charge >= 0.3 is 6.61 Å². The van der Waals surface area contributed by atoms with Gasteiger partial charge in [-0.15, -0.1) is 5.10 Å². The molecule has 140 valence electrons. The first-order chi connectivity index (χ1) is 13.7. The topological polar surface area (TPSA) is 81.0 Å². The number of fused-ring (bicyclic) bond motifs is 4. The molecular weight excluding hydrogens is 386 g/mol. The van der Waals surface area contributed by atoms with Crippen molar-refractivity contribution in [2.45, 2.75) is 17.5 Å². The summed E-state index contributed by atoms with van der Waals surface area (Å²) in [5.74, 6) is 0.683. The minimum Gasteiger partial charge on any atom is -0.435 e. The van der Waals surface area contributed by atoms with Crippen LogP contribution in [0.1, 0.15) is 5.56 Å². The molecular formula is C18H12F2N6OS. The number of thioether (sulfide) groups is 1. The van der Waals surface area contributed by atoms with E-state index in [9.17, 15) is 8.78 Å². The average Bonchev–Trinajstić information content (AvgIpc) is 3.32. The van der Waals surface area contributed by atoms with Gasteiger partial charge in [0.25, 0.3) is 0 Å². The van der Waals surface area contributed by atoms with Crippen LogP contribution in [0.15, 0.2) is 53.7 Å². The predicted octanol–water partition coefficient (Wildman–Crippen LogP) is 4.05. The summed E-state index contributed by atoms with van der Waals surface area (Å²) in [4.78, 5) is 7.61. The molecule has 0 amide bonds. The van der Waals surface area contributed by atoms with E-state index in [2.05, 4.69) is 36.3 Å². The number of halogens is 2. The molecule has 5 aromatic rings. The molecule has 0 aliphatic heterocycles. The highest BCUT2D eigenvalue weighted by atomic mass is 32.2. The number of alkyl halides is 2. The number of H-pyrrole nitrogens is 1. The van der Waals surface area contributed by atoms with Gasteiger partial charge in [-0.05, 0) is 34.7 Å². The normalized spacial score (nSPS) is 11.8. The van der Waals surface area contributed by atoms with E-state index in [0.29, 0.717) is 27.6 Å². The average molecular weight is 398 g/mol. The Labute approximate surface area is 160 Å². The number of hydrogen-bond acceptors (Lipinski definition) is 6. The number of hydrogen-bond donors (Lipinski definition) is 1. The molecule has 0 saturated heterocycles. The third-order valence-corrected chi connectivity index (χ3v) is 5.19. The van der Waals surface area contributed by atoms with Crippen molar-refractivity contribution in [1.29, 1.82) is 0 Å². The molecule has 3 heterocycles. The summed E-state index contributed by atoms with van der Waals surface area (Å²) in [6, 6.07) is 14.6. The van der Waals surface area contributed by atoms with E-state index in [-0.39, 0.29) is 5.75 Å². The number of para-hydroxylation sites is 1. The van der Waals surface area contributed by atoms with Gasteiger partial charge in [-0.1, -0.05) is 30.0 Å². The molecule has 0 saturated carbocycles. The van der Waals surface area contributed by atoms with Crippen molar-refractivity contribution in [2.75, 3.05) is 0 Å². The third kappa shape index (κ3) is 3.01. The Balaban J connectivity index is 1.44. The number of tetrazole rings is 1. The Bertz CT molecular complexity index is 1300. The minimum atomic E-state index is -2.86. The highest BCUT2D eigenvalue weighted by molar-refractivity contribution is 7.98. The van der Waals surface area contributed by atoms with Gasteiger partial charge in [0.15, 0.2) is 10.8 Å². The number of aromatic nitrogens is 6. The molecule has 0 atom stereocenters. The number of benzene rings is 2. The van der Waals surface area contributed by atoms with E-state index < -0.39 is 6.61 Å². The van der Waals surface area contributed by atoms with E-state index in [0.717, 1.165) is 16.5 Å². The molecule has 0 radical (unpaired) electrons. The maximum Gasteiger partial charge on any atom is 0.387 e. The van der Waals surface area contributed by atoms with E-state index in [4.69, 9.17) is 0 Å². The van der Waals surface area contributed by atoms with Crippen LogP contribution in [0, 0.1) is 0 Å². The zero-order valence-corrected chi connectivity index (χ0v) is 15.0. The van der Waals surface area contributed by atoms with Crippen LogP contribution in [-0.4, -0.2) is 36.6 Å². The summed E-state index contributed by atoms with van der Waals surface area (Å²) in [5.41, 5.74) is 3.91. The highest BCUT2D eigenvalue weighted by Crippen LogP contribution is 2.28. The van der Waals surface area contributed by atoms with E-state index >= 15 is 0 Å². The Hall–Kier alpha value is -3.27. The van der Waals surface area contributed by atoms with Crippen molar-refractivity contribution >= 4 is 39.3 Å². The Kier molecular flexibility index (Phi) is 4.05. The lowest BCUT2D eigenvalue weighted by atomic mass is 10.1. The molecule has 10 heteroatoms. The first-order valence-corrected chi connectivity index (χ1v) is 9.32. The number of nitrogens with zero attached hydrogens (tertiary/aromatic N) is 5. The molecule has 1 N–H and O–H groups in total. The molecule has 0 aliphatic rings. The summed E-state index contributed by atoms with van der Waals surface area (Å²) in [7, 11) is 0. The fourth-order valence-corrected chi connectivity index (χ4v) is 3.92. The number of aromatic amines is 1. The molecule has 0 fully saturated rings. The maximum absolute atomic E-state index is 12.4. The van der Waals surface area contributed by atoms with E-state index in [1.165, 1.54) is 23.9 Å². The zero-order valence-electron chi connectivity index (χ0n) is 14.2. The van der Waals surface area contributed by atoms with Gasteiger partial charge in [-0.25, -0.2) is 4.98 Å². The number of ether oxygens (including phenoxy) is 1. The second-order valence-corrected chi connectivity index (χ2v) is 6.99. The van der Waals surface area contributed by atoms with Crippen molar-refractivity contribution in [3.63, 3.8) is 0 Å². The second kappa shape index (κ2) is 6.71. The van der Waals surface area contributed by atoms with Gasteiger partial charge < -0.3 is 9.72 Å². The fraction of sp³-hybridized carbons (Fsp3) is 0.111. The number of imidazole rings is 1. The van der Waals surface area contributed by atoms with Crippen LogP contribution in [0.2, 0.25) is 0 Å². The van der Waals surface area contributed by atoms with Gasteiger partial charge in [0.05, 0.1) is 16.6 Å². The summed E-state index contributed by atoms with van der Waals surface area (Å²) < 4.78 is 30.9. The molecule has 28 heavy (non-hydrogen) atoms. The Morgan fingerprint density at radius 2 is 2.04 bits per heavy atom. The van der Waals surface area contributed by atoms with E-state index in [1.54, 1.807) is 10.6 Å². The summed E-state index contributed by atoms with van der Waals surface area (Å²) in [6.45, 7) is -2.86. The summed E-state index contributed by atoms with van der Waals surface area (Å²) in [5, 5.41) is 13.7.